The van der Waals surface area contributed by atoms with Crippen molar-refractivity contribution in [1.82, 2.24) is 0 Å². The minimum atomic E-state index is 0.0279. The third kappa shape index (κ3) is 2.24. The van der Waals surface area contributed by atoms with Gasteiger partial charge in [0.15, 0.2) is 0 Å². The summed E-state index contributed by atoms with van der Waals surface area (Å²) in [5, 5.41) is 12.9. The molecule has 2 heteroatoms. The van der Waals surface area contributed by atoms with Gasteiger partial charge in [0, 0.05) is 6.61 Å². The molecule has 1 aliphatic heterocycles. The number of aliphatic hydroxyl groups excluding tert-OH is 1. The summed E-state index contributed by atoms with van der Waals surface area (Å²) < 4.78 is 0. The Bertz CT molecular complexity index is 117. The molecule has 0 atom stereocenters. The monoisotopic (exact) mass is 144 g/mol. The van der Waals surface area contributed by atoms with E-state index < -0.39 is 0 Å². The van der Waals surface area contributed by atoms with Gasteiger partial charge < -0.3 is 5.11 Å². The van der Waals surface area contributed by atoms with Crippen LogP contribution in [0.4, 0.5) is 0 Å². The molecule has 0 radical (unpaired) electrons. The molecule has 0 aromatic heterocycles. The zero-order valence-electron chi connectivity index (χ0n) is 5.33. The van der Waals surface area contributed by atoms with E-state index in [1.165, 1.54) is 0 Å². The maximum atomic E-state index is 8.49. The SMILES string of the molecule is OCCC[SH]1C=CC=C1. The van der Waals surface area contributed by atoms with Crippen LogP contribution >= 0.6 is 10.9 Å². The molecule has 9 heavy (non-hydrogen) atoms. The van der Waals surface area contributed by atoms with E-state index in [0.29, 0.717) is 6.61 Å². The second-order valence-corrected chi connectivity index (χ2v) is 4.07. The Labute approximate surface area is 58.4 Å². The van der Waals surface area contributed by atoms with Crippen molar-refractivity contribution in [3.05, 3.63) is 23.0 Å². The minimum Gasteiger partial charge on any atom is -0.396 e. The van der Waals surface area contributed by atoms with Crippen molar-refractivity contribution in [3.63, 3.8) is 0 Å². The van der Waals surface area contributed by atoms with Gasteiger partial charge in [-0.1, -0.05) is 12.2 Å². The summed E-state index contributed by atoms with van der Waals surface area (Å²) in [4.78, 5) is 0. The average molecular weight is 144 g/mol. The lowest BCUT2D eigenvalue weighted by Crippen LogP contribution is -1.86. The fourth-order valence-electron chi connectivity index (χ4n) is 0.773. The van der Waals surface area contributed by atoms with Crippen LogP contribution in [0.2, 0.25) is 0 Å². The van der Waals surface area contributed by atoms with Crippen molar-refractivity contribution in [2.75, 3.05) is 12.4 Å². The number of hydrogen-bond donors (Lipinski definition) is 2. The molecule has 0 saturated heterocycles. The van der Waals surface area contributed by atoms with Crippen molar-refractivity contribution in [3.8, 4) is 0 Å². The van der Waals surface area contributed by atoms with Gasteiger partial charge in [0.05, 0.1) is 0 Å². The van der Waals surface area contributed by atoms with Gasteiger partial charge in [-0.25, -0.2) is 10.9 Å². The number of hydrogen-bond acceptors (Lipinski definition) is 1. The summed E-state index contributed by atoms with van der Waals surface area (Å²) in [6.07, 6.45) is 5.12. The smallest absolute Gasteiger partial charge is 0.0438 e. The van der Waals surface area contributed by atoms with E-state index in [1.54, 1.807) is 0 Å². The molecule has 1 nitrogen and oxygen atoms in total. The van der Waals surface area contributed by atoms with E-state index in [0.717, 1.165) is 12.2 Å². The molecule has 0 unspecified atom stereocenters. The summed E-state index contributed by atoms with van der Waals surface area (Å²) in [7, 11) is 0.0279. The summed E-state index contributed by atoms with van der Waals surface area (Å²) in [5.74, 6) is 1.15. The molecule has 1 aliphatic rings. The number of aliphatic hydroxyl groups is 1. The largest absolute Gasteiger partial charge is 0.396 e. The highest BCUT2D eigenvalue weighted by molar-refractivity contribution is 8.22. The fraction of sp³-hybridized carbons (Fsp3) is 0.429. The zero-order chi connectivity index (χ0) is 6.53. The molecule has 1 heterocycles. The van der Waals surface area contributed by atoms with E-state index in [1.807, 2.05) is 0 Å². The second-order valence-electron chi connectivity index (χ2n) is 2.00. The van der Waals surface area contributed by atoms with Crippen LogP contribution in [0.15, 0.2) is 23.0 Å². The topological polar surface area (TPSA) is 20.2 Å². The third-order valence-electron chi connectivity index (χ3n) is 1.24. The standard InChI is InChI=1S/C7H12OS/c8-4-3-7-9-5-1-2-6-9/h1-2,5-6,8-9H,3-4,7H2. The van der Waals surface area contributed by atoms with E-state index in [9.17, 15) is 0 Å². The van der Waals surface area contributed by atoms with Gasteiger partial charge in [0.2, 0.25) is 0 Å². The first kappa shape index (κ1) is 6.90. The van der Waals surface area contributed by atoms with E-state index >= 15 is 0 Å². The highest BCUT2D eigenvalue weighted by Gasteiger charge is 1.96. The molecule has 0 bridgehead atoms. The van der Waals surface area contributed by atoms with Crippen LogP contribution in [-0.2, 0) is 0 Å². The zero-order valence-corrected chi connectivity index (χ0v) is 6.22. The van der Waals surface area contributed by atoms with Gasteiger partial charge in [-0.2, -0.15) is 0 Å². The molecule has 1 N–H and O–H groups in total. The predicted octanol–water partition coefficient (Wildman–Crippen LogP) is 1.41. The van der Waals surface area contributed by atoms with Gasteiger partial charge in [0.25, 0.3) is 0 Å². The molecule has 0 amide bonds. The molecule has 0 saturated carbocycles. The Morgan fingerprint density at radius 3 is 2.44 bits per heavy atom. The Morgan fingerprint density at radius 2 is 1.89 bits per heavy atom. The summed E-state index contributed by atoms with van der Waals surface area (Å²) in [5.41, 5.74) is 0. The molecule has 52 valence electrons. The van der Waals surface area contributed by atoms with Crippen molar-refractivity contribution in [1.29, 1.82) is 0 Å². The van der Waals surface area contributed by atoms with E-state index in [2.05, 4.69) is 23.0 Å². The number of thiol groups is 1. The highest BCUT2D eigenvalue weighted by atomic mass is 32.2. The Balaban J connectivity index is 2.13. The van der Waals surface area contributed by atoms with Crippen LogP contribution < -0.4 is 0 Å². The maximum absolute atomic E-state index is 8.49. The van der Waals surface area contributed by atoms with Gasteiger partial charge in [-0.15, -0.1) is 0 Å². The molecule has 0 spiro atoms. The lowest BCUT2D eigenvalue weighted by Gasteiger charge is -2.06. The lowest BCUT2D eigenvalue weighted by atomic mass is 10.5. The van der Waals surface area contributed by atoms with Crippen LogP contribution in [0.25, 0.3) is 0 Å². The lowest BCUT2D eigenvalue weighted by molar-refractivity contribution is 0.296. The number of rotatable bonds is 3. The normalized spacial score (nSPS) is 19.4. The van der Waals surface area contributed by atoms with Crippen LogP contribution in [-0.4, -0.2) is 17.5 Å². The minimum absolute atomic E-state index is 0.0279. The predicted molar refractivity (Wildman–Crippen MR) is 43.8 cm³/mol. The first-order chi connectivity index (χ1) is 4.43. The third-order valence-corrected chi connectivity index (χ3v) is 3.18. The molecule has 0 aromatic carbocycles. The Morgan fingerprint density at radius 1 is 1.22 bits per heavy atom. The molecule has 0 aromatic rings. The fourth-order valence-corrected chi connectivity index (χ4v) is 2.32. The number of allylic oxidation sites excluding steroid dienone is 2. The van der Waals surface area contributed by atoms with Gasteiger partial charge >= 0.3 is 0 Å². The van der Waals surface area contributed by atoms with Crippen molar-refractivity contribution >= 4 is 10.9 Å². The van der Waals surface area contributed by atoms with E-state index in [4.69, 9.17) is 5.11 Å². The average Bonchev–Trinajstić information content (AvgIpc) is 2.34. The van der Waals surface area contributed by atoms with Crippen molar-refractivity contribution < 1.29 is 5.11 Å². The van der Waals surface area contributed by atoms with Crippen LogP contribution in [0.5, 0.6) is 0 Å². The van der Waals surface area contributed by atoms with Gasteiger partial charge in [-0.05, 0) is 23.0 Å². The second kappa shape index (κ2) is 3.75. The summed E-state index contributed by atoms with van der Waals surface area (Å²) in [6, 6.07) is 0. The van der Waals surface area contributed by atoms with Crippen molar-refractivity contribution in [2.45, 2.75) is 6.42 Å². The first-order valence-corrected chi connectivity index (χ1v) is 4.81. The Kier molecular flexibility index (Phi) is 2.87. The van der Waals surface area contributed by atoms with E-state index in [-0.39, 0.29) is 10.9 Å². The van der Waals surface area contributed by atoms with Crippen LogP contribution in [0, 0.1) is 0 Å². The Hall–Kier alpha value is -0.210. The van der Waals surface area contributed by atoms with Gasteiger partial charge in [-0.3, -0.25) is 0 Å². The van der Waals surface area contributed by atoms with Gasteiger partial charge in [0.1, 0.15) is 0 Å². The van der Waals surface area contributed by atoms with Crippen LogP contribution in [0.1, 0.15) is 6.42 Å². The maximum Gasteiger partial charge on any atom is 0.0438 e. The highest BCUT2D eigenvalue weighted by Crippen LogP contribution is 2.32. The summed E-state index contributed by atoms with van der Waals surface area (Å²) in [6.45, 7) is 0.334. The molecule has 0 aliphatic carbocycles. The first-order valence-electron chi connectivity index (χ1n) is 3.15. The molecule has 1 rings (SSSR count). The quantitative estimate of drug-likeness (QED) is 0.574. The molecular weight excluding hydrogens is 132 g/mol. The molecular formula is C7H12OS. The summed E-state index contributed by atoms with van der Waals surface area (Å²) >= 11 is 0. The van der Waals surface area contributed by atoms with Crippen LogP contribution in [0.3, 0.4) is 0 Å². The molecule has 0 fully saturated rings. The van der Waals surface area contributed by atoms with Crippen molar-refractivity contribution in [2.24, 2.45) is 0 Å².